The molecule has 0 aliphatic carbocycles. The van der Waals surface area contributed by atoms with Crippen molar-refractivity contribution in [3.8, 4) is 0 Å². The molecule has 0 unspecified atom stereocenters. The Bertz CT molecular complexity index is 848. The van der Waals surface area contributed by atoms with Crippen LogP contribution < -0.4 is 15.5 Å². The number of piperazine rings is 1. The maximum absolute atomic E-state index is 12.6. The van der Waals surface area contributed by atoms with Gasteiger partial charge < -0.3 is 20.4 Å². The largest absolute Gasteiger partial charge is 0.368 e. The Balaban J connectivity index is 1.59. The first-order chi connectivity index (χ1) is 12.9. The number of carbonyl (C=O) groups is 2. The Hall–Kier alpha value is -2.73. The number of benzene rings is 2. The lowest BCUT2D eigenvalue weighted by Crippen LogP contribution is -2.50. The highest BCUT2D eigenvalue weighted by molar-refractivity contribution is 6.31. The third kappa shape index (κ3) is 4.71. The van der Waals surface area contributed by atoms with E-state index in [0.29, 0.717) is 18.1 Å². The van der Waals surface area contributed by atoms with E-state index in [0.717, 1.165) is 35.7 Å². The van der Waals surface area contributed by atoms with Crippen LogP contribution >= 0.6 is 11.6 Å². The molecule has 1 fully saturated rings. The average Bonchev–Trinajstić information content (AvgIpc) is 2.65. The monoisotopic (exact) mass is 386 g/mol. The number of carbonyl (C=O) groups excluding carboxylic acids is 2. The normalized spacial score (nSPS) is 14.0. The van der Waals surface area contributed by atoms with Gasteiger partial charge in [-0.05, 0) is 42.8 Å². The minimum atomic E-state index is -0.119. The molecule has 0 bridgehead atoms. The minimum absolute atomic E-state index is 0.0926. The topological polar surface area (TPSA) is 64.7 Å². The Labute approximate surface area is 164 Å². The van der Waals surface area contributed by atoms with Gasteiger partial charge in [0.1, 0.15) is 0 Å². The predicted molar refractivity (Wildman–Crippen MR) is 110 cm³/mol. The summed E-state index contributed by atoms with van der Waals surface area (Å²) in [5.41, 5.74) is 3.41. The molecule has 27 heavy (non-hydrogen) atoms. The van der Waals surface area contributed by atoms with Gasteiger partial charge >= 0.3 is 6.03 Å². The number of hydrogen-bond acceptors (Lipinski definition) is 3. The zero-order valence-corrected chi connectivity index (χ0v) is 16.2. The summed E-state index contributed by atoms with van der Waals surface area (Å²) in [4.78, 5) is 27.8. The summed E-state index contributed by atoms with van der Waals surface area (Å²) in [5, 5.41) is 6.38. The lowest BCUT2D eigenvalue weighted by molar-refractivity contribution is -0.114. The number of urea groups is 1. The van der Waals surface area contributed by atoms with Crippen LogP contribution in [-0.4, -0.2) is 43.0 Å². The van der Waals surface area contributed by atoms with Crippen LogP contribution in [0.15, 0.2) is 42.5 Å². The second-order valence-corrected chi connectivity index (χ2v) is 6.96. The second-order valence-electron chi connectivity index (χ2n) is 6.55. The quantitative estimate of drug-likeness (QED) is 0.839. The lowest BCUT2D eigenvalue weighted by atomic mass is 10.2. The summed E-state index contributed by atoms with van der Waals surface area (Å²) in [7, 11) is 0. The molecule has 2 aromatic rings. The van der Waals surface area contributed by atoms with Crippen LogP contribution in [0.4, 0.5) is 21.9 Å². The molecule has 142 valence electrons. The van der Waals surface area contributed by atoms with Gasteiger partial charge in [-0.15, -0.1) is 0 Å². The SMILES string of the molecule is CC(=O)Nc1cccc(N2CCN(C(=O)Nc3cccc(Cl)c3C)CC2)c1. The van der Waals surface area contributed by atoms with Crippen molar-refractivity contribution in [3.63, 3.8) is 0 Å². The molecule has 7 heteroatoms. The first kappa shape index (κ1) is 19.0. The van der Waals surface area contributed by atoms with Gasteiger partial charge in [0.25, 0.3) is 0 Å². The number of nitrogens with zero attached hydrogens (tertiary/aromatic N) is 2. The molecule has 1 heterocycles. The van der Waals surface area contributed by atoms with Crippen LogP contribution in [0.5, 0.6) is 0 Å². The zero-order valence-electron chi connectivity index (χ0n) is 15.5. The third-order valence-corrected chi connectivity index (χ3v) is 5.02. The summed E-state index contributed by atoms with van der Waals surface area (Å²) in [6.07, 6.45) is 0. The van der Waals surface area contributed by atoms with Crippen molar-refractivity contribution in [2.75, 3.05) is 41.7 Å². The predicted octanol–water partition coefficient (Wildman–Crippen LogP) is 3.96. The highest BCUT2D eigenvalue weighted by Crippen LogP contribution is 2.24. The Kier molecular flexibility index (Phi) is 5.86. The van der Waals surface area contributed by atoms with Gasteiger partial charge in [0.05, 0.1) is 0 Å². The molecule has 6 nitrogen and oxygen atoms in total. The molecule has 2 aromatic carbocycles. The van der Waals surface area contributed by atoms with Gasteiger partial charge in [0.2, 0.25) is 5.91 Å². The van der Waals surface area contributed by atoms with Gasteiger partial charge in [0, 0.05) is 55.2 Å². The number of nitrogens with one attached hydrogen (secondary N) is 2. The summed E-state index contributed by atoms with van der Waals surface area (Å²) in [5.74, 6) is -0.0926. The highest BCUT2D eigenvalue weighted by Gasteiger charge is 2.22. The number of amides is 3. The summed E-state index contributed by atoms with van der Waals surface area (Å²) < 4.78 is 0. The summed E-state index contributed by atoms with van der Waals surface area (Å²) in [6.45, 7) is 6.08. The number of rotatable bonds is 3. The number of hydrogen-bond donors (Lipinski definition) is 2. The average molecular weight is 387 g/mol. The van der Waals surface area contributed by atoms with E-state index in [9.17, 15) is 9.59 Å². The molecule has 3 amide bonds. The van der Waals surface area contributed by atoms with Crippen LogP contribution in [0, 0.1) is 6.92 Å². The van der Waals surface area contributed by atoms with Crippen molar-refractivity contribution >= 4 is 40.6 Å². The van der Waals surface area contributed by atoms with Gasteiger partial charge in [-0.1, -0.05) is 23.7 Å². The van der Waals surface area contributed by atoms with E-state index in [2.05, 4.69) is 15.5 Å². The van der Waals surface area contributed by atoms with Gasteiger partial charge in [-0.2, -0.15) is 0 Å². The van der Waals surface area contributed by atoms with Gasteiger partial charge in [-0.3, -0.25) is 4.79 Å². The van der Waals surface area contributed by atoms with E-state index in [4.69, 9.17) is 11.6 Å². The molecule has 1 aliphatic rings. The molecular formula is C20H23ClN4O2. The van der Waals surface area contributed by atoms with Crippen molar-refractivity contribution in [1.29, 1.82) is 0 Å². The van der Waals surface area contributed by atoms with Crippen LogP contribution in [0.2, 0.25) is 5.02 Å². The molecule has 0 aromatic heterocycles. The first-order valence-electron chi connectivity index (χ1n) is 8.87. The van der Waals surface area contributed by atoms with Crippen molar-refractivity contribution in [3.05, 3.63) is 53.1 Å². The van der Waals surface area contributed by atoms with E-state index >= 15 is 0 Å². The Morgan fingerprint density at radius 1 is 1.00 bits per heavy atom. The van der Waals surface area contributed by atoms with Crippen molar-refractivity contribution in [2.45, 2.75) is 13.8 Å². The molecule has 1 saturated heterocycles. The van der Waals surface area contributed by atoms with Crippen molar-refractivity contribution in [2.24, 2.45) is 0 Å². The molecular weight excluding hydrogens is 364 g/mol. The Morgan fingerprint density at radius 3 is 2.41 bits per heavy atom. The van der Waals surface area contributed by atoms with Crippen molar-refractivity contribution in [1.82, 2.24) is 4.90 Å². The Morgan fingerprint density at radius 2 is 1.70 bits per heavy atom. The summed E-state index contributed by atoms with van der Waals surface area (Å²) in [6, 6.07) is 13.1. The molecule has 0 radical (unpaired) electrons. The molecule has 0 spiro atoms. The second kappa shape index (κ2) is 8.31. The minimum Gasteiger partial charge on any atom is -0.368 e. The fourth-order valence-electron chi connectivity index (χ4n) is 3.09. The van der Waals surface area contributed by atoms with E-state index in [-0.39, 0.29) is 11.9 Å². The smallest absolute Gasteiger partial charge is 0.321 e. The fourth-order valence-corrected chi connectivity index (χ4v) is 3.26. The molecule has 0 saturated carbocycles. The van der Waals surface area contributed by atoms with E-state index in [1.165, 1.54) is 6.92 Å². The molecule has 3 rings (SSSR count). The third-order valence-electron chi connectivity index (χ3n) is 4.61. The first-order valence-corrected chi connectivity index (χ1v) is 9.25. The lowest BCUT2D eigenvalue weighted by Gasteiger charge is -2.36. The van der Waals surface area contributed by atoms with Gasteiger partial charge in [0.15, 0.2) is 0 Å². The zero-order chi connectivity index (χ0) is 19.4. The number of halogens is 1. The van der Waals surface area contributed by atoms with Crippen LogP contribution in [0.3, 0.4) is 0 Å². The molecule has 1 aliphatic heterocycles. The highest BCUT2D eigenvalue weighted by atomic mass is 35.5. The maximum Gasteiger partial charge on any atom is 0.321 e. The van der Waals surface area contributed by atoms with Crippen LogP contribution in [0.25, 0.3) is 0 Å². The number of anilines is 3. The van der Waals surface area contributed by atoms with E-state index < -0.39 is 0 Å². The summed E-state index contributed by atoms with van der Waals surface area (Å²) >= 11 is 6.12. The van der Waals surface area contributed by atoms with Crippen LogP contribution in [0.1, 0.15) is 12.5 Å². The standard InChI is InChI=1S/C20H23ClN4O2/c1-14-18(21)7-4-8-19(14)23-20(27)25-11-9-24(10-12-25)17-6-3-5-16(13-17)22-15(2)26/h3-8,13H,9-12H2,1-2H3,(H,22,26)(H,23,27). The van der Waals surface area contributed by atoms with Crippen LogP contribution in [-0.2, 0) is 4.79 Å². The van der Waals surface area contributed by atoms with E-state index in [1.807, 2.05) is 43.3 Å². The fraction of sp³-hybridized carbons (Fsp3) is 0.300. The van der Waals surface area contributed by atoms with Crippen molar-refractivity contribution < 1.29 is 9.59 Å². The van der Waals surface area contributed by atoms with Gasteiger partial charge in [-0.25, -0.2) is 4.79 Å². The van der Waals surface area contributed by atoms with E-state index in [1.54, 1.807) is 11.0 Å². The molecule has 0 atom stereocenters. The molecule has 2 N–H and O–H groups in total. The maximum atomic E-state index is 12.6.